The van der Waals surface area contributed by atoms with Crippen LogP contribution in [0.25, 0.3) is 0 Å². The molecule has 0 aliphatic rings. The van der Waals surface area contributed by atoms with Gasteiger partial charge in [-0.1, -0.05) is 12.1 Å². The molecule has 0 aliphatic heterocycles. The molecule has 4 heteroatoms. The van der Waals surface area contributed by atoms with Gasteiger partial charge in [0.1, 0.15) is 0 Å². The maximum Gasteiger partial charge on any atom is 0.310 e. The van der Waals surface area contributed by atoms with E-state index in [0.717, 1.165) is 0 Å². The first kappa shape index (κ1) is 9.98. The van der Waals surface area contributed by atoms with Crippen LogP contribution in [0.3, 0.4) is 0 Å². The van der Waals surface area contributed by atoms with Gasteiger partial charge in [0, 0.05) is 19.9 Å². The summed E-state index contributed by atoms with van der Waals surface area (Å²) in [5, 5.41) is 9.76. The maximum atomic E-state index is 9.76. The van der Waals surface area contributed by atoms with Crippen LogP contribution < -0.4 is 5.73 Å². The lowest BCUT2D eigenvalue weighted by atomic mass is 10.1. The minimum atomic E-state index is -1.76. The summed E-state index contributed by atoms with van der Waals surface area (Å²) in [5.74, 6) is -1.76. The third-order valence-corrected chi connectivity index (χ3v) is 1.85. The van der Waals surface area contributed by atoms with E-state index in [1.54, 1.807) is 24.3 Å². The van der Waals surface area contributed by atoms with E-state index in [0.29, 0.717) is 11.3 Å². The van der Waals surface area contributed by atoms with Crippen LogP contribution in [0, 0.1) is 0 Å². The Balaban J connectivity index is 3.12. The second kappa shape index (κ2) is 3.74. The van der Waals surface area contributed by atoms with Gasteiger partial charge in [0.05, 0.1) is 5.56 Å². The van der Waals surface area contributed by atoms with Gasteiger partial charge in [-0.25, -0.2) is 0 Å². The number of benzene rings is 1. The quantitative estimate of drug-likeness (QED) is 0.534. The average molecular weight is 183 g/mol. The maximum absolute atomic E-state index is 9.76. The third-order valence-electron chi connectivity index (χ3n) is 1.85. The molecule has 0 spiro atoms. The number of hydrogen-bond donors (Lipinski definition) is 2. The lowest BCUT2D eigenvalue weighted by Gasteiger charge is -2.25. The summed E-state index contributed by atoms with van der Waals surface area (Å²) in [4.78, 5) is 0. The summed E-state index contributed by atoms with van der Waals surface area (Å²) >= 11 is 0. The molecule has 13 heavy (non-hydrogen) atoms. The fourth-order valence-electron chi connectivity index (χ4n) is 1.09. The minimum Gasteiger partial charge on any atom is -0.398 e. The van der Waals surface area contributed by atoms with Crippen molar-refractivity contribution < 1.29 is 14.6 Å². The van der Waals surface area contributed by atoms with Crippen molar-refractivity contribution in [3.63, 3.8) is 0 Å². The van der Waals surface area contributed by atoms with Crippen LogP contribution in [0.1, 0.15) is 5.56 Å². The highest BCUT2D eigenvalue weighted by Gasteiger charge is 2.30. The van der Waals surface area contributed by atoms with E-state index in [2.05, 4.69) is 0 Å². The molecule has 0 unspecified atom stereocenters. The highest BCUT2D eigenvalue weighted by molar-refractivity contribution is 5.47. The Morgan fingerprint density at radius 3 is 2.23 bits per heavy atom. The fourth-order valence-corrected chi connectivity index (χ4v) is 1.09. The van der Waals surface area contributed by atoms with Crippen molar-refractivity contribution in [3.05, 3.63) is 29.8 Å². The topological polar surface area (TPSA) is 64.7 Å². The van der Waals surface area contributed by atoms with Crippen molar-refractivity contribution in [2.24, 2.45) is 0 Å². The smallest absolute Gasteiger partial charge is 0.310 e. The van der Waals surface area contributed by atoms with Crippen LogP contribution in [0.4, 0.5) is 5.69 Å². The van der Waals surface area contributed by atoms with Gasteiger partial charge in [-0.15, -0.1) is 0 Å². The van der Waals surface area contributed by atoms with Crippen LogP contribution in [0.5, 0.6) is 0 Å². The Bertz CT molecular complexity index is 284. The zero-order chi connectivity index (χ0) is 9.90. The van der Waals surface area contributed by atoms with Gasteiger partial charge in [-0.2, -0.15) is 0 Å². The van der Waals surface area contributed by atoms with E-state index in [9.17, 15) is 5.11 Å². The Kier molecular flexibility index (Phi) is 2.87. The molecule has 0 saturated heterocycles. The van der Waals surface area contributed by atoms with Gasteiger partial charge >= 0.3 is 5.97 Å². The first-order valence-electron chi connectivity index (χ1n) is 3.81. The molecule has 1 rings (SSSR count). The predicted molar refractivity (Wildman–Crippen MR) is 48.8 cm³/mol. The van der Waals surface area contributed by atoms with E-state index in [4.69, 9.17) is 15.2 Å². The molecule has 0 radical (unpaired) electrons. The molecular formula is C9H13NO3. The van der Waals surface area contributed by atoms with E-state index in [-0.39, 0.29) is 0 Å². The van der Waals surface area contributed by atoms with Crippen molar-refractivity contribution in [3.8, 4) is 0 Å². The number of nitrogen functional groups attached to an aromatic ring is 1. The largest absolute Gasteiger partial charge is 0.398 e. The summed E-state index contributed by atoms with van der Waals surface area (Å²) < 4.78 is 9.61. The number of hydrogen-bond acceptors (Lipinski definition) is 4. The second-order valence-electron chi connectivity index (χ2n) is 2.58. The van der Waals surface area contributed by atoms with Gasteiger partial charge in [0.25, 0.3) is 0 Å². The van der Waals surface area contributed by atoms with Crippen LogP contribution in [-0.4, -0.2) is 19.3 Å². The number of ether oxygens (including phenoxy) is 2. The lowest BCUT2D eigenvalue weighted by molar-refractivity contribution is -0.351. The molecule has 3 N–H and O–H groups in total. The van der Waals surface area contributed by atoms with Gasteiger partial charge in [-0.05, 0) is 12.1 Å². The van der Waals surface area contributed by atoms with Gasteiger partial charge in [0.2, 0.25) is 0 Å². The lowest BCUT2D eigenvalue weighted by Crippen LogP contribution is -2.31. The van der Waals surface area contributed by atoms with Gasteiger partial charge in [0.15, 0.2) is 0 Å². The number of aliphatic hydroxyl groups is 1. The highest BCUT2D eigenvalue weighted by Crippen LogP contribution is 2.27. The molecule has 4 nitrogen and oxygen atoms in total. The number of para-hydroxylation sites is 1. The first-order chi connectivity index (χ1) is 6.14. The van der Waals surface area contributed by atoms with Crippen LogP contribution in [-0.2, 0) is 15.4 Å². The molecule has 0 fully saturated rings. The summed E-state index contributed by atoms with van der Waals surface area (Å²) in [7, 11) is 2.69. The third kappa shape index (κ3) is 1.80. The molecular weight excluding hydrogens is 170 g/mol. The van der Waals surface area contributed by atoms with Crippen LogP contribution >= 0.6 is 0 Å². The highest BCUT2D eigenvalue weighted by atomic mass is 16.8. The number of nitrogens with two attached hydrogens (primary N) is 1. The van der Waals surface area contributed by atoms with Gasteiger partial charge < -0.3 is 20.3 Å². The molecule has 0 aliphatic carbocycles. The molecule has 0 aromatic heterocycles. The van der Waals surface area contributed by atoms with Crippen molar-refractivity contribution in [1.82, 2.24) is 0 Å². The van der Waals surface area contributed by atoms with Gasteiger partial charge in [-0.3, -0.25) is 0 Å². The molecule has 0 atom stereocenters. The number of anilines is 1. The van der Waals surface area contributed by atoms with E-state index in [1.165, 1.54) is 14.2 Å². The van der Waals surface area contributed by atoms with Crippen molar-refractivity contribution in [2.75, 3.05) is 20.0 Å². The average Bonchev–Trinajstić information content (AvgIpc) is 2.17. The van der Waals surface area contributed by atoms with Crippen molar-refractivity contribution in [1.29, 1.82) is 0 Å². The van der Waals surface area contributed by atoms with Crippen LogP contribution in [0.15, 0.2) is 24.3 Å². The van der Waals surface area contributed by atoms with E-state index < -0.39 is 5.97 Å². The summed E-state index contributed by atoms with van der Waals surface area (Å²) in [5.41, 5.74) is 6.47. The Morgan fingerprint density at radius 2 is 1.77 bits per heavy atom. The molecule has 0 bridgehead atoms. The molecule has 0 amide bonds. The van der Waals surface area contributed by atoms with Crippen LogP contribution in [0.2, 0.25) is 0 Å². The van der Waals surface area contributed by atoms with E-state index in [1.807, 2.05) is 0 Å². The number of methoxy groups -OCH3 is 2. The SMILES string of the molecule is COC(O)(OC)c1ccccc1N. The van der Waals surface area contributed by atoms with E-state index >= 15 is 0 Å². The minimum absolute atomic E-state index is 0.403. The second-order valence-corrected chi connectivity index (χ2v) is 2.58. The Hall–Kier alpha value is -1.10. The fraction of sp³-hybridized carbons (Fsp3) is 0.333. The standard InChI is InChI=1S/C9H13NO3/c1-12-9(11,13-2)7-5-3-4-6-8(7)10/h3-6,11H,10H2,1-2H3. The molecule has 0 heterocycles. The predicted octanol–water partition coefficient (Wildman–Crippen LogP) is 0.664. The number of rotatable bonds is 3. The molecule has 1 aromatic rings. The van der Waals surface area contributed by atoms with Crippen molar-refractivity contribution in [2.45, 2.75) is 5.97 Å². The first-order valence-corrected chi connectivity index (χ1v) is 3.81. The summed E-state index contributed by atoms with van der Waals surface area (Å²) in [6, 6.07) is 6.82. The Morgan fingerprint density at radius 1 is 1.23 bits per heavy atom. The molecule has 1 aromatic carbocycles. The zero-order valence-corrected chi connectivity index (χ0v) is 7.65. The summed E-state index contributed by atoms with van der Waals surface area (Å²) in [6.07, 6.45) is 0. The summed E-state index contributed by atoms with van der Waals surface area (Å²) in [6.45, 7) is 0. The van der Waals surface area contributed by atoms with Crippen molar-refractivity contribution >= 4 is 5.69 Å². The monoisotopic (exact) mass is 183 g/mol. The zero-order valence-electron chi connectivity index (χ0n) is 7.65. The molecule has 0 saturated carbocycles. The Labute approximate surface area is 76.9 Å². The molecule has 72 valence electrons. The normalized spacial score (nSPS) is 11.6.